The van der Waals surface area contributed by atoms with Crippen LogP contribution in [0.15, 0.2) is 6.20 Å². The highest BCUT2D eigenvalue weighted by atomic mass is 32.1. The highest BCUT2D eigenvalue weighted by Gasteiger charge is 2.14. The van der Waals surface area contributed by atoms with Crippen molar-refractivity contribution >= 4 is 12.6 Å². The van der Waals surface area contributed by atoms with Crippen molar-refractivity contribution in [3.8, 4) is 0 Å². The first-order chi connectivity index (χ1) is 17.8. The maximum atomic E-state index is 4.13. The van der Waals surface area contributed by atoms with Crippen LogP contribution in [0.5, 0.6) is 0 Å². The molecule has 0 saturated carbocycles. The summed E-state index contributed by atoms with van der Waals surface area (Å²) in [5, 5.41) is 8.23. The monoisotopic (exact) mass is 548 g/mol. The Morgan fingerprint density at radius 1 is 0.676 bits per heavy atom. The molecule has 1 heterocycles. The van der Waals surface area contributed by atoms with E-state index in [4.69, 9.17) is 0 Å². The zero-order valence-electron chi connectivity index (χ0n) is 29.1. The van der Waals surface area contributed by atoms with Crippen molar-refractivity contribution in [2.45, 2.75) is 193 Å². The van der Waals surface area contributed by atoms with Gasteiger partial charge in [0.1, 0.15) is 0 Å². The normalized spacial score (nSPS) is 9.24. The third kappa shape index (κ3) is 45.8. The lowest BCUT2D eigenvalue weighted by Gasteiger charge is -2.23. The molecular formula is C33H77N3S. The van der Waals surface area contributed by atoms with Crippen LogP contribution in [0.4, 0.5) is 0 Å². The van der Waals surface area contributed by atoms with E-state index in [1.54, 1.807) is 6.26 Å². The molecule has 0 amide bonds. The topological polar surface area (TPSA) is 30.7 Å². The minimum absolute atomic E-state index is 0.486. The molecule has 0 fully saturated rings. The number of aromatic nitrogens is 3. The van der Waals surface area contributed by atoms with Crippen LogP contribution in [0.25, 0.3) is 0 Å². The van der Waals surface area contributed by atoms with Gasteiger partial charge in [0.15, 0.2) is 0 Å². The molecule has 0 radical (unpaired) electrons. The average molecular weight is 548 g/mol. The molecule has 0 aliphatic heterocycles. The van der Waals surface area contributed by atoms with Gasteiger partial charge in [-0.1, -0.05) is 167 Å². The Kier molecular flexibility index (Phi) is 60.7. The SMILES string of the molecule is CC.CC.CC.CCCCC.CCCCC(C)(C)CCC.CCCCCCn1cc(C(C)C)nn1.CS. The molecular weight excluding hydrogens is 470 g/mol. The van der Waals surface area contributed by atoms with Crippen LogP contribution in [-0.4, -0.2) is 21.2 Å². The van der Waals surface area contributed by atoms with Crippen LogP contribution in [-0.2, 0) is 6.54 Å². The fraction of sp³-hybridized carbons (Fsp3) is 0.939. The van der Waals surface area contributed by atoms with E-state index in [2.05, 4.69) is 91.5 Å². The summed E-state index contributed by atoms with van der Waals surface area (Å²) >= 11 is 3.53. The highest BCUT2D eigenvalue weighted by Crippen LogP contribution is 2.28. The Hall–Kier alpha value is -0.510. The Labute approximate surface area is 244 Å². The van der Waals surface area contributed by atoms with E-state index in [0.717, 1.165) is 12.2 Å². The first-order valence-electron chi connectivity index (χ1n) is 16.1. The smallest absolute Gasteiger partial charge is 0.0852 e. The standard InChI is InChI=1S/C11H21N3.C10H22.C5H12.3C2H6.CH4S/c1-4-5-6-7-8-14-9-11(10(2)3)12-13-14;1-5-7-9-10(3,4)8-6-2;1-3-5-4-2;4*1-2/h9-10H,4-8H2,1-3H3;5-9H2,1-4H3;3-5H2,1-2H3;3*1-2H3;2H,1H3. The lowest BCUT2D eigenvalue weighted by molar-refractivity contribution is 0.295. The number of hydrogen-bond acceptors (Lipinski definition) is 3. The highest BCUT2D eigenvalue weighted by molar-refractivity contribution is 7.79. The van der Waals surface area contributed by atoms with E-state index in [1.807, 2.05) is 46.2 Å². The van der Waals surface area contributed by atoms with E-state index >= 15 is 0 Å². The minimum atomic E-state index is 0.486. The van der Waals surface area contributed by atoms with Crippen molar-refractivity contribution in [2.24, 2.45) is 5.41 Å². The van der Waals surface area contributed by atoms with Crippen LogP contribution in [0.2, 0.25) is 0 Å². The molecule has 37 heavy (non-hydrogen) atoms. The molecule has 0 N–H and O–H groups in total. The molecule has 0 atom stereocenters. The first-order valence-corrected chi connectivity index (χ1v) is 17.0. The van der Waals surface area contributed by atoms with Gasteiger partial charge >= 0.3 is 0 Å². The number of rotatable bonds is 13. The Balaban J connectivity index is -0.0000000916. The number of nitrogens with zero attached hydrogens (tertiary/aromatic N) is 3. The number of thiol groups is 1. The summed E-state index contributed by atoms with van der Waals surface area (Å²) in [6.45, 7) is 33.3. The van der Waals surface area contributed by atoms with Gasteiger partial charge in [-0.05, 0) is 36.9 Å². The van der Waals surface area contributed by atoms with Gasteiger partial charge in [-0.15, -0.1) is 5.10 Å². The van der Waals surface area contributed by atoms with Gasteiger partial charge in [0.2, 0.25) is 0 Å². The van der Waals surface area contributed by atoms with Crippen LogP contribution in [0.3, 0.4) is 0 Å². The van der Waals surface area contributed by atoms with Gasteiger partial charge < -0.3 is 0 Å². The molecule has 0 aliphatic carbocycles. The van der Waals surface area contributed by atoms with Crippen molar-refractivity contribution in [2.75, 3.05) is 6.26 Å². The quantitative estimate of drug-likeness (QED) is 0.196. The summed E-state index contributed by atoms with van der Waals surface area (Å²) in [6, 6.07) is 0. The maximum absolute atomic E-state index is 4.13. The fourth-order valence-electron chi connectivity index (χ4n) is 3.20. The zero-order chi connectivity index (χ0) is 30.5. The molecule has 230 valence electrons. The molecule has 0 spiro atoms. The third-order valence-electron chi connectivity index (χ3n) is 5.23. The van der Waals surface area contributed by atoms with Crippen LogP contribution in [0, 0.1) is 5.41 Å². The van der Waals surface area contributed by atoms with Crippen molar-refractivity contribution < 1.29 is 0 Å². The first kappa shape index (κ1) is 49.4. The van der Waals surface area contributed by atoms with Gasteiger partial charge in [-0.2, -0.15) is 12.6 Å². The van der Waals surface area contributed by atoms with E-state index in [1.165, 1.54) is 77.0 Å². The van der Waals surface area contributed by atoms with Gasteiger partial charge in [0, 0.05) is 12.7 Å². The predicted molar refractivity (Wildman–Crippen MR) is 181 cm³/mol. The van der Waals surface area contributed by atoms with Crippen molar-refractivity contribution in [1.82, 2.24) is 15.0 Å². The van der Waals surface area contributed by atoms with E-state index in [9.17, 15) is 0 Å². The van der Waals surface area contributed by atoms with Crippen LogP contribution < -0.4 is 0 Å². The molecule has 0 unspecified atom stereocenters. The fourth-order valence-corrected chi connectivity index (χ4v) is 3.20. The zero-order valence-corrected chi connectivity index (χ0v) is 30.0. The maximum Gasteiger partial charge on any atom is 0.0852 e. The number of hydrogen-bond donors (Lipinski definition) is 1. The van der Waals surface area contributed by atoms with E-state index < -0.39 is 0 Å². The molecule has 3 nitrogen and oxygen atoms in total. The molecule has 0 bridgehead atoms. The number of aryl methyl sites for hydroxylation is 1. The second-order valence-electron chi connectivity index (χ2n) is 9.49. The molecule has 1 aromatic rings. The van der Waals surface area contributed by atoms with Crippen molar-refractivity contribution in [1.29, 1.82) is 0 Å². The minimum Gasteiger partial charge on any atom is -0.252 e. The molecule has 0 aliphatic rings. The summed E-state index contributed by atoms with van der Waals surface area (Å²) in [5.74, 6) is 0.486. The van der Waals surface area contributed by atoms with Gasteiger partial charge in [0.25, 0.3) is 0 Å². The molecule has 1 rings (SSSR count). The van der Waals surface area contributed by atoms with Gasteiger partial charge in [-0.3, -0.25) is 4.68 Å². The molecule has 0 saturated heterocycles. The second kappa shape index (κ2) is 45.4. The largest absolute Gasteiger partial charge is 0.252 e. The third-order valence-corrected chi connectivity index (χ3v) is 5.23. The van der Waals surface area contributed by atoms with Gasteiger partial charge in [-0.25, -0.2) is 0 Å². The molecule has 4 heteroatoms. The Bertz CT molecular complexity index is 441. The van der Waals surface area contributed by atoms with Crippen LogP contribution >= 0.6 is 12.6 Å². The lowest BCUT2D eigenvalue weighted by atomic mass is 9.83. The Morgan fingerprint density at radius 2 is 1.14 bits per heavy atom. The summed E-state index contributed by atoms with van der Waals surface area (Å²) in [5.41, 5.74) is 1.70. The van der Waals surface area contributed by atoms with Crippen molar-refractivity contribution in [3.63, 3.8) is 0 Å². The lowest BCUT2D eigenvalue weighted by Crippen LogP contribution is -2.09. The molecule has 0 aromatic carbocycles. The summed E-state index contributed by atoms with van der Waals surface area (Å²) in [7, 11) is 0. The summed E-state index contributed by atoms with van der Waals surface area (Å²) in [4.78, 5) is 0. The summed E-state index contributed by atoms with van der Waals surface area (Å²) in [6.07, 6.45) is 19.8. The van der Waals surface area contributed by atoms with E-state index in [-0.39, 0.29) is 0 Å². The van der Waals surface area contributed by atoms with Crippen molar-refractivity contribution in [3.05, 3.63) is 11.9 Å². The van der Waals surface area contributed by atoms with Gasteiger partial charge in [0.05, 0.1) is 5.69 Å². The van der Waals surface area contributed by atoms with E-state index in [0.29, 0.717) is 11.3 Å². The molecule has 1 aromatic heterocycles. The number of unbranched alkanes of at least 4 members (excludes halogenated alkanes) is 6. The Morgan fingerprint density at radius 3 is 1.46 bits per heavy atom. The summed E-state index contributed by atoms with van der Waals surface area (Å²) < 4.78 is 1.96. The predicted octanol–water partition coefficient (Wildman–Crippen LogP) is 12.8. The average Bonchev–Trinajstić information content (AvgIpc) is 3.41. The van der Waals surface area contributed by atoms with Crippen LogP contribution in [0.1, 0.15) is 193 Å². The second-order valence-corrected chi connectivity index (χ2v) is 9.49.